The molecule has 1 amide bonds. The fourth-order valence-corrected chi connectivity index (χ4v) is 3.97. The largest absolute Gasteiger partial charge is 0.486 e. The molecule has 0 radical (unpaired) electrons. The number of carbonyl (C=O) groups excluding carboxylic acids is 1. The molecule has 1 N–H and O–H groups in total. The number of nitrogens with zero attached hydrogens (tertiary/aromatic N) is 3. The lowest BCUT2D eigenvalue weighted by Gasteiger charge is -2.17. The van der Waals surface area contributed by atoms with E-state index in [2.05, 4.69) is 15.4 Å². The third-order valence-corrected chi connectivity index (χ3v) is 5.33. The molecule has 28 heavy (non-hydrogen) atoms. The smallest absolute Gasteiger partial charge is 0.277 e. The number of fused-ring (bicyclic) bond motifs is 2. The van der Waals surface area contributed by atoms with Gasteiger partial charge in [0, 0.05) is 17.8 Å². The first-order valence-electron chi connectivity index (χ1n) is 8.81. The van der Waals surface area contributed by atoms with E-state index in [9.17, 15) is 4.79 Å². The zero-order chi connectivity index (χ0) is 19.1. The van der Waals surface area contributed by atoms with Crippen LogP contribution in [0.25, 0.3) is 15.9 Å². The van der Waals surface area contributed by atoms with E-state index in [-0.39, 0.29) is 5.91 Å². The number of rotatable bonds is 3. The molecule has 1 aliphatic heterocycles. The Labute approximate surface area is 164 Å². The summed E-state index contributed by atoms with van der Waals surface area (Å²) >= 11 is 1.39. The second kappa shape index (κ2) is 6.65. The van der Waals surface area contributed by atoms with Crippen LogP contribution in [0.4, 0.5) is 5.13 Å². The summed E-state index contributed by atoms with van der Waals surface area (Å²) in [5.74, 6) is 1.09. The Morgan fingerprint density at radius 3 is 2.64 bits per heavy atom. The highest BCUT2D eigenvalue weighted by molar-refractivity contribution is 7.22. The summed E-state index contributed by atoms with van der Waals surface area (Å²) in [6.45, 7) is 2.97. The van der Waals surface area contributed by atoms with Crippen molar-refractivity contribution >= 4 is 32.6 Å². The minimum absolute atomic E-state index is 0.297. The summed E-state index contributed by atoms with van der Waals surface area (Å²) in [5.41, 5.74) is 2.88. The lowest BCUT2D eigenvalue weighted by atomic mass is 10.3. The highest BCUT2D eigenvalue weighted by atomic mass is 32.1. The van der Waals surface area contributed by atoms with Crippen LogP contribution in [0.5, 0.6) is 11.5 Å². The number of nitrogens with one attached hydrogen (secondary N) is 1. The summed E-state index contributed by atoms with van der Waals surface area (Å²) < 4.78 is 13.9. The zero-order valence-electron chi connectivity index (χ0n) is 15.0. The van der Waals surface area contributed by atoms with Gasteiger partial charge >= 0.3 is 0 Å². The highest BCUT2D eigenvalue weighted by Gasteiger charge is 2.18. The van der Waals surface area contributed by atoms with Gasteiger partial charge in [-0.05, 0) is 25.1 Å². The summed E-state index contributed by atoms with van der Waals surface area (Å²) in [6.07, 6.45) is 0. The maximum Gasteiger partial charge on any atom is 0.277 e. The molecule has 1 aliphatic rings. The molecule has 2 aromatic carbocycles. The lowest BCUT2D eigenvalue weighted by molar-refractivity contribution is 0.102. The molecule has 0 spiro atoms. The molecule has 0 unspecified atom stereocenters. The number of ether oxygens (including phenoxy) is 2. The first kappa shape index (κ1) is 16.8. The number of hydrogen-bond acceptors (Lipinski definition) is 6. The minimum Gasteiger partial charge on any atom is -0.486 e. The molecule has 3 heterocycles. The van der Waals surface area contributed by atoms with Crippen molar-refractivity contribution in [3.05, 3.63) is 59.9 Å². The van der Waals surface area contributed by atoms with Gasteiger partial charge in [0.25, 0.3) is 5.91 Å². The standard InChI is InChI=1S/C20H16N4O3S/c1-12-9-15(23-24(12)13-5-3-2-4-6-13)19(25)22-20-21-14-10-16-17(11-18(14)28-20)27-8-7-26-16/h2-6,9-11H,7-8H2,1H3,(H,21,22,25). The van der Waals surface area contributed by atoms with Crippen molar-refractivity contribution in [2.24, 2.45) is 0 Å². The summed E-state index contributed by atoms with van der Waals surface area (Å²) in [5, 5.41) is 7.78. The van der Waals surface area contributed by atoms with Gasteiger partial charge in [-0.2, -0.15) is 5.10 Å². The van der Waals surface area contributed by atoms with Crippen LogP contribution < -0.4 is 14.8 Å². The molecule has 4 aromatic rings. The molecule has 0 aliphatic carbocycles. The second-order valence-electron chi connectivity index (χ2n) is 6.36. The van der Waals surface area contributed by atoms with Gasteiger partial charge in [0.1, 0.15) is 13.2 Å². The first-order valence-corrected chi connectivity index (χ1v) is 9.63. The van der Waals surface area contributed by atoms with Gasteiger partial charge in [0.05, 0.1) is 15.9 Å². The Morgan fingerprint density at radius 1 is 1.11 bits per heavy atom. The molecule has 2 aromatic heterocycles. The molecule has 0 bridgehead atoms. The molecule has 8 heteroatoms. The Morgan fingerprint density at radius 2 is 1.86 bits per heavy atom. The van der Waals surface area contributed by atoms with Crippen molar-refractivity contribution in [2.45, 2.75) is 6.92 Å². The van der Waals surface area contributed by atoms with Crippen molar-refractivity contribution in [2.75, 3.05) is 18.5 Å². The number of anilines is 1. The van der Waals surface area contributed by atoms with E-state index in [1.165, 1.54) is 11.3 Å². The average molecular weight is 392 g/mol. The van der Waals surface area contributed by atoms with Gasteiger partial charge in [-0.15, -0.1) is 0 Å². The van der Waals surface area contributed by atoms with E-state index < -0.39 is 0 Å². The lowest BCUT2D eigenvalue weighted by Crippen LogP contribution is -2.15. The molecular weight excluding hydrogens is 376 g/mol. The normalized spacial score (nSPS) is 12.9. The monoisotopic (exact) mass is 392 g/mol. The van der Waals surface area contributed by atoms with Crippen LogP contribution in [-0.2, 0) is 0 Å². The molecule has 5 rings (SSSR count). The fraction of sp³-hybridized carbons (Fsp3) is 0.150. The van der Waals surface area contributed by atoms with Crippen LogP contribution in [0, 0.1) is 6.92 Å². The molecule has 0 saturated heterocycles. The van der Waals surface area contributed by atoms with Crippen molar-refractivity contribution < 1.29 is 14.3 Å². The number of amides is 1. The number of hydrogen-bond donors (Lipinski definition) is 1. The van der Waals surface area contributed by atoms with E-state index in [1.807, 2.05) is 49.4 Å². The maximum absolute atomic E-state index is 12.7. The third-order valence-electron chi connectivity index (χ3n) is 4.39. The van der Waals surface area contributed by atoms with Crippen LogP contribution >= 0.6 is 11.3 Å². The molecule has 7 nitrogen and oxygen atoms in total. The topological polar surface area (TPSA) is 78.3 Å². The van der Waals surface area contributed by atoms with E-state index in [4.69, 9.17) is 9.47 Å². The van der Waals surface area contributed by atoms with Gasteiger partial charge < -0.3 is 9.47 Å². The maximum atomic E-state index is 12.7. The molecule has 140 valence electrons. The third kappa shape index (κ3) is 2.97. The summed E-state index contributed by atoms with van der Waals surface area (Å²) in [4.78, 5) is 17.2. The Hall–Kier alpha value is -3.39. The van der Waals surface area contributed by atoms with Crippen LogP contribution in [0.15, 0.2) is 48.5 Å². The first-order chi connectivity index (χ1) is 13.7. The van der Waals surface area contributed by atoms with E-state index in [0.29, 0.717) is 35.5 Å². The quantitative estimate of drug-likeness (QED) is 0.574. The molecule has 0 saturated carbocycles. The van der Waals surface area contributed by atoms with Crippen molar-refractivity contribution in [3.63, 3.8) is 0 Å². The van der Waals surface area contributed by atoms with Crippen LogP contribution in [0.3, 0.4) is 0 Å². The molecule has 0 atom stereocenters. The second-order valence-corrected chi connectivity index (χ2v) is 7.39. The van der Waals surface area contributed by atoms with Gasteiger partial charge in [-0.1, -0.05) is 29.5 Å². The SMILES string of the molecule is Cc1cc(C(=O)Nc2nc3cc4c(cc3s2)OCCO4)nn1-c1ccccc1. The van der Waals surface area contributed by atoms with Gasteiger partial charge in [0.15, 0.2) is 22.3 Å². The number of benzene rings is 2. The van der Waals surface area contributed by atoms with Crippen LogP contribution in [0.2, 0.25) is 0 Å². The van der Waals surface area contributed by atoms with E-state index in [1.54, 1.807) is 10.7 Å². The number of aryl methyl sites for hydroxylation is 1. The molecule has 0 fully saturated rings. The van der Waals surface area contributed by atoms with E-state index >= 15 is 0 Å². The predicted molar refractivity (Wildman–Crippen MR) is 107 cm³/mol. The minimum atomic E-state index is -0.297. The fourth-order valence-electron chi connectivity index (χ4n) is 3.10. The van der Waals surface area contributed by atoms with Gasteiger partial charge in [-0.25, -0.2) is 9.67 Å². The highest BCUT2D eigenvalue weighted by Crippen LogP contribution is 2.37. The van der Waals surface area contributed by atoms with Crippen molar-refractivity contribution in [1.82, 2.24) is 14.8 Å². The van der Waals surface area contributed by atoms with Gasteiger partial charge in [-0.3, -0.25) is 10.1 Å². The Kier molecular flexibility index (Phi) is 3.98. The summed E-state index contributed by atoms with van der Waals surface area (Å²) in [7, 11) is 0. The van der Waals surface area contributed by atoms with E-state index in [0.717, 1.165) is 21.6 Å². The zero-order valence-corrected chi connectivity index (χ0v) is 15.8. The summed E-state index contributed by atoms with van der Waals surface area (Å²) in [6, 6.07) is 15.2. The van der Waals surface area contributed by atoms with Crippen molar-refractivity contribution in [1.29, 1.82) is 0 Å². The number of para-hydroxylation sites is 1. The number of aromatic nitrogens is 3. The van der Waals surface area contributed by atoms with Crippen LogP contribution in [-0.4, -0.2) is 33.9 Å². The Bertz CT molecular complexity index is 1140. The number of carbonyl (C=O) groups is 1. The Balaban J connectivity index is 1.41. The molecular formula is C20H16N4O3S. The van der Waals surface area contributed by atoms with Crippen LogP contribution in [0.1, 0.15) is 16.2 Å². The average Bonchev–Trinajstić information content (AvgIpc) is 3.29. The van der Waals surface area contributed by atoms with Gasteiger partial charge in [0.2, 0.25) is 0 Å². The predicted octanol–water partition coefficient (Wildman–Crippen LogP) is 3.81. The van der Waals surface area contributed by atoms with Crippen molar-refractivity contribution in [3.8, 4) is 17.2 Å². The number of thiazole rings is 1.